The third-order valence-corrected chi connectivity index (χ3v) is 2.44. The van der Waals surface area contributed by atoms with E-state index in [1.165, 1.54) is 0 Å². The number of hydrogen-bond donors (Lipinski definition) is 1. The summed E-state index contributed by atoms with van der Waals surface area (Å²) >= 11 is 5.14. The standard InChI is InChI=1S/C10H8ClF3O2/c1-9(16,10(12,13)14)7-4-2-6(3-5-7)8(11)15/h2-5,16H,1H3. The van der Waals surface area contributed by atoms with E-state index in [1.54, 1.807) is 0 Å². The molecule has 0 amide bonds. The maximum atomic E-state index is 12.4. The molecule has 0 aromatic heterocycles. The normalized spacial score (nSPS) is 15.6. The number of halogens is 4. The highest BCUT2D eigenvalue weighted by Gasteiger charge is 2.51. The Kier molecular flexibility index (Phi) is 3.30. The van der Waals surface area contributed by atoms with Gasteiger partial charge in [0.25, 0.3) is 5.24 Å². The largest absolute Gasteiger partial charge is 0.421 e. The quantitative estimate of drug-likeness (QED) is 0.822. The lowest BCUT2D eigenvalue weighted by molar-refractivity contribution is -0.258. The summed E-state index contributed by atoms with van der Waals surface area (Å²) in [6.45, 7) is 0.643. The Hall–Kier alpha value is -1.07. The van der Waals surface area contributed by atoms with E-state index < -0.39 is 17.0 Å². The molecule has 0 fully saturated rings. The summed E-state index contributed by atoms with van der Waals surface area (Å²) in [7, 11) is 0. The lowest BCUT2D eigenvalue weighted by Crippen LogP contribution is -2.39. The van der Waals surface area contributed by atoms with Crippen molar-refractivity contribution in [3.63, 3.8) is 0 Å². The summed E-state index contributed by atoms with van der Waals surface area (Å²) in [6, 6.07) is 4.29. The molecule has 1 unspecified atom stereocenters. The summed E-state index contributed by atoms with van der Waals surface area (Å²) < 4.78 is 37.3. The molecule has 88 valence electrons. The third-order valence-electron chi connectivity index (χ3n) is 2.23. The van der Waals surface area contributed by atoms with Gasteiger partial charge in [-0.3, -0.25) is 4.79 Å². The van der Waals surface area contributed by atoms with E-state index in [9.17, 15) is 23.1 Å². The predicted octanol–water partition coefficient (Wildman–Crippen LogP) is 2.84. The molecule has 0 saturated carbocycles. The minimum atomic E-state index is -4.78. The van der Waals surface area contributed by atoms with Gasteiger partial charge in [-0.2, -0.15) is 13.2 Å². The summed E-state index contributed by atoms with van der Waals surface area (Å²) in [5.74, 6) is 0. The zero-order chi connectivity index (χ0) is 12.6. The van der Waals surface area contributed by atoms with Crippen molar-refractivity contribution < 1.29 is 23.1 Å². The maximum absolute atomic E-state index is 12.4. The molecule has 0 saturated heterocycles. The van der Waals surface area contributed by atoms with Gasteiger partial charge in [0, 0.05) is 5.56 Å². The van der Waals surface area contributed by atoms with E-state index in [0.717, 1.165) is 24.3 Å². The summed E-state index contributed by atoms with van der Waals surface area (Å²) in [4.78, 5) is 10.7. The van der Waals surface area contributed by atoms with Crippen molar-refractivity contribution in [2.24, 2.45) is 0 Å². The Morgan fingerprint density at radius 2 is 1.69 bits per heavy atom. The molecular weight excluding hydrogens is 245 g/mol. The summed E-state index contributed by atoms with van der Waals surface area (Å²) in [5.41, 5.74) is -3.22. The average Bonchev–Trinajstić information content (AvgIpc) is 2.16. The number of aliphatic hydroxyl groups is 1. The van der Waals surface area contributed by atoms with Gasteiger partial charge in [0.05, 0.1) is 0 Å². The van der Waals surface area contributed by atoms with Gasteiger partial charge in [0.1, 0.15) is 0 Å². The number of alkyl halides is 3. The molecule has 2 nitrogen and oxygen atoms in total. The van der Waals surface area contributed by atoms with Crippen molar-refractivity contribution >= 4 is 16.8 Å². The summed E-state index contributed by atoms with van der Waals surface area (Å²) in [6.07, 6.45) is -4.78. The Bertz CT molecular complexity index is 396. The lowest BCUT2D eigenvalue weighted by atomic mass is 9.95. The first-order valence-electron chi connectivity index (χ1n) is 4.26. The van der Waals surface area contributed by atoms with Crippen molar-refractivity contribution in [3.05, 3.63) is 35.4 Å². The molecule has 16 heavy (non-hydrogen) atoms. The van der Waals surface area contributed by atoms with Crippen LogP contribution in [0.4, 0.5) is 13.2 Å². The second kappa shape index (κ2) is 4.07. The van der Waals surface area contributed by atoms with Crippen molar-refractivity contribution in [1.82, 2.24) is 0 Å². The molecule has 1 aromatic carbocycles. The topological polar surface area (TPSA) is 37.3 Å². The molecule has 0 aliphatic heterocycles. The fraction of sp³-hybridized carbons (Fsp3) is 0.300. The minimum Gasteiger partial charge on any atom is -0.376 e. The molecule has 0 aliphatic carbocycles. The van der Waals surface area contributed by atoms with Crippen LogP contribution in [0.3, 0.4) is 0 Å². The Balaban J connectivity index is 3.11. The van der Waals surface area contributed by atoms with Crippen molar-refractivity contribution in [3.8, 4) is 0 Å². The number of benzene rings is 1. The van der Waals surface area contributed by atoms with E-state index in [-0.39, 0.29) is 11.1 Å². The van der Waals surface area contributed by atoms with Gasteiger partial charge in [-0.25, -0.2) is 0 Å². The fourth-order valence-corrected chi connectivity index (χ4v) is 1.22. The van der Waals surface area contributed by atoms with Gasteiger partial charge in [0.2, 0.25) is 0 Å². The van der Waals surface area contributed by atoms with E-state index in [1.807, 2.05) is 0 Å². The van der Waals surface area contributed by atoms with Crippen LogP contribution in [-0.2, 0) is 5.60 Å². The third kappa shape index (κ3) is 2.36. The van der Waals surface area contributed by atoms with Crippen LogP contribution in [0.15, 0.2) is 24.3 Å². The van der Waals surface area contributed by atoms with Crippen LogP contribution in [0.25, 0.3) is 0 Å². The highest BCUT2D eigenvalue weighted by Crippen LogP contribution is 2.38. The molecule has 1 aromatic rings. The number of carbonyl (C=O) groups excluding carboxylic acids is 1. The van der Waals surface area contributed by atoms with E-state index in [4.69, 9.17) is 11.6 Å². The molecule has 0 bridgehead atoms. The van der Waals surface area contributed by atoms with E-state index in [2.05, 4.69) is 0 Å². The van der Waals surface area contributed by atoms with Crippen LogP contribution >= 0.6 is 11.6 Å². The lowest BCUT2D eigenvalue weighted by Gasteiger charge is -2.26. The predicted molar refractivity (Wildman–Crippen MR) is 52.3 cm³/mol. The second-order valence-electron chi connectivity index (χ2n) is 3.42. The van der Waals surface area contributed by atoms with Crippen LogP contribution in [0.2, 0.25) is 0 Å². The van der Waals surface area contributed by atoms with E-state index in [0.29, 0.717) is 6.92 Å². The molecule has 1 N–H and O–H groups in total. The monoisotopic (exact) mass is 252 g/mol. The van der Waals surface area contributed by atoms with Crippen molar-refractivity contribution in [2.45, 2.75) is 18.7 Å². The van der Waals surface area contributed by atoms with Crippen molar-refractivity contribution in [1.29, 1.82) is 0 Å². The van der Waals surface area contributed by atoms with Gasteiger partial charge in [0.15, 0.2) is 5.60 Å². The van der Waals surface area contributed by atoms with Crippen LogP contribution in [0, 0.1) is 0 Å². The number of rotatable bonds is 2. The van der Waals surface area contributed by atoms with Crippen LogP contribution in [0.5, 0.6) is 0 Å². The van der Waals surface area contributed by atoms with Crippen molar-refractivity contribution in [2.75, 3.05) is 0 Å². The van der Waals surface area contributed by atoms with Gasteiger partial charge in [-0.15, -0.1) is 0 Å². The molecule has 1 rings (SSSR count). The maximum Gasteiger partial charge on any atom is 0.421 e. The Morgan fingerprint density at radius 3 is 2.00 bits per heavy atom. The summed E-state index contributed by atoms with van der Waals surface area (Å²) in [5, 5.41) is 8.54. The zero-order valence-electron chi connectivity index (χ0n) is 8.18. The fourth-order valence-electron chi connectivity index (χ4n) is 1.09. The molecule has 0 aliphatic rings. The SMILES string of the molecule is CC(O)(c1ccc(C(=O)Cl)cc1)C(F)(F)F. The molecule has 6 heteroatoms. The van der Waals surface area contributed by atoms with Crippen LogP contribution in [0.1, 0.15) is 22.8 Å². The molecular formula is C10H8ClF3O2. The van der Waals surface area contributed by atoms with Gasteiger partial charge in [-0.1, -0.05) is 12.1 Å². The first-order valence-corrected chi connectivity index (χ1v) is 4.63. The van der Waals surface area contributed by atoms with Gasteiger partial charge >= 0.3 is 6.18 Å². The van der Waals surface area contributed by atoms with E-state index >= 15 is 0 Å². The average molecular weight is 253 g/mol. The zero-order valence-corrected chi connectivity index (χ0v) is 8.93. The second-order valence-corrected chi connectivity index (χ2v) is 3.76. The number of carbonyl (C=O) groups is 1. The molecule has 0 spiro atoms. The van der Waals surface area contributed by atoms with Gasteiger partial charge in [-0.05, 0) is 36.2 Å². The molecule has 0 radical (unpaired) electrons. The van der Waals surface area contributed by atoms with Gasteiger partial charge < -0.3 is 5.11 Å². The Labute approximate surface area is 94.6 Å². The first-order chi connectivity index (χ1) is 7.16. The Morgan fingerprint density at radius 1 is 1.25 bits per heavy atom. The highest BCUT2D eigenvalue weighted by atomic mass is 35.5. The number of hydrogen-bond acceptors (Lipinski definition) is 2. The smallest absolute Gasteiger partial charge is 0.376 e. The minimum absolute atomic E-state index is 0.0726. The molecule has 1 atom stereocenters. The molecule has 0 heterocycles. The van der Waals surface area contributed by atoms with Crippen LogP contribution in [-0.4, -0.2) is 16.5 Å². The van der Waals surface area contributed by atoms with Crippen LogP contribution < -0.4 is 0 Å². The highest BCUT2D eigenvalue weighted by molar-refractivity contribution is 6.67. The first kappa shape index (κ1) is 13.0.